The van der Waals surface area contributed by atoms with E-state index in [-0.39, 0.29) is 69.9 Å². The predicted octanol–water partition coefficient (Wildman–Crippen LogP) is 3.16. The van der Waals surface area contributed by atoms with Crippen molar-refractivity contribution in [3.63, 3.8) is 0 Å². The van der Waals surface area contributed by atoms with Gasteiger partial charge >= 0.3 is 35.8 Å². The molecule has 0 fully saturated rings. The molecule has 2 amide bonds. The number of carbonyl (C=O) groups excluding carboxylic acids is 8. The first kappa shape index (κ1) is 43.8. The third-order valence-corrected chi connectivity index (χ3v) is 6.37. The lowest BCUT2D eigenvalue weighted by Crippen LogP contribution is -2.27. The first-order valence-electron chi connectivity index (χ1n) is 16.2. The molecule has 2 aromatic carbocycles. The van der Waals surface area contributed by atoms with Crippen molar-refractivity contribution >= 4 is 59.8 Å². The lowest BCUT2D eigenvalue weighted by Gasteiger charge is -2.14. The highest BCUT2D eigenvalue weighted by Gasteiger charge is 2.22. The normalized spacial score (nSPS) is 10.8. The van der Waals surface area contributed by atoms with Gasteiger partial charge in [-0.25, -0.2) is 0 Å². The minimum Gasteiger partial charge on any atom is -0.423 e. The minimum absolute atomic E-state index is 0.102. The van der Waals surface area contributed by atoms with Crippen LogP contribution in [-0.4, -0.2) is 60.7 Å². The van der Waals surface area contributed by atoms with Crippen LogP contribution < -0.4 is 39.1 Å². The van der Waals surface area contributed by atoms with Crippen LogP contribution in [-0.2, 0) is 38.4 Å². The molecule has 0 saturated heterocycles. The number of benzene rings is 2. The van der Waals surface area contributed by atoms with E-state index >= 15 is 0 Å². The number of amides is 2. The lowest BCUT2D eigenvalue weighted by atomic mass is 10.1. The number of carbonyl (C=O) groups is 8. The first-order chi connectivity index (χ1) is 25.9. The van der Waals surface area contributed by atoms with Gasteiger partial charge in [0.2, 0.25) is 11.5 Å². The topological polar surface area (TPSA) is 264 Å². The first-order valence-corrected chi connectivity index (χ1v) is 16.2. The summed E-state index contributed by atoms with van der Waals surface area (Å²) < 4.78 is 30.5. The van der Waals surface area contributed by atoms with Crippen LogP contribution in [0.15, 0.2) is 35.4 Å². The fraction of sp³-hybridized carbons (Fsp3) is 0.297. The number of nitrogens with zero attached hydrogens (tertiary/aromatic N) is 2. The summed E-state index contributed by atoms with van der Waals surface area (Å²) in [5, 5.41) is 24.5. The second-order valence-corrected chi connectivity index (χ2v) is 11.2. The summed E-state index contributed by atoms with van der Waals surface area (Å²) in [6, 6.07) is 8.36. The van der Waals surface area contributed by atoms with E-state index in [1.165, 1.54) is 24.3 Å². The Kier molecular flexibility index (Phi) is 16.9. The van der Waals surface area contributed by atoms with Crippen molar-refractivity contribution in [3.8, 4) is 46.6 Å². The molecule has 0 bridgehead atoms. The van der Waals surface area contributed by atoms with Crippen molar-refractivity contribution < 1.29 is 66.8 Å². The Bertz CT molecular complexity index is 1820. The number of unbranched alkanes of at least 4 members (excludes halogenated alkanes) is 2. The van der Waals surface area contributed by atoms with E-state index in [1.54, 1.807) is 12.1 Å². The van der Waals surface area contributed by atoms with Gasteiger partial charge in [0, 0.05) is 54.6 Å². The van der Waals surface area contributed by atoms with Crippen LogP contribution in [0.4, 0.5) is 0 Å². The maximum atomic E-state index is 12.8. The molecule has 0 heterocycles. The summed E-state index contributed by atoms with van der Waals surface area (Å²) in [6.07, 6.45) is 3.65. The molecule has 288 valence electrons. The molecule has 0 spiro atoms. The van der Waals surface area contributed by atoms with E-state index in [0.29, 0.717) is 19.3 Å². The van der Waals surface area contributed by atoms with Gasteiger partial charge in [0.15, 0.2) is 23.0 Å². The average Bonchev–Trinajstić information content (AvgIpc) is 3.07. The van der Waals surface area contributed by atoms with Crippen molar-refractivity contribution in [2.24, 2.45) is 0 Å². The van der Waals surface area contributed by atoms with Crippen LogP contribution in [0.25, 0.3) is 12.2 Å². The summed E-state index contributed by atoms with van der Waals surface area (Å²) in [6.45, 7) is 6.76. The molecule has 18 nitrogen and oxygen atoms in total. The smallest absolute Gasteiger partial charge is 0.308 e. The van der Waals surface area contributed by atoms with E-state index in [1.807, 2.05) is 0 Å². The molecule has 18 heteroatoms. The van der Waals surface area contributed by atoms with Gasteiger partial charge < -0.3 is 39.1 Å². The number of hydrogen-bond donors (Lipinski definition) is 2. The second-order valence-electron chi connectivity index (χ2n) is 11.2. The Labute approximate surface area is 314 Å². The SMILES string of the molecule is CC(=O)Oc1cc(/C=C(\C#N)C(=O)NCCCCCNC(=O)/C(C#N)=C/c2cc(OC(C)=O)c(OC(C)=O)c(OC(C)=O)c2)cc(OC(C)=O)c1OC(C)=O. The monoisotopic (exact) mass is 760 g/mol. The summed E-state index contributed by atoms with van der Waals surface area (Å²) >= 11 is 0. The van der Waals surface area contributed by atoms with Crippen LogP contribution >= 0.6 is 0 Å². The van der Waals surface area contributed by atoms with Gasteiger partial charge in [0.05, 0.1) is 0 Å². The van der Waals surface area contributed by atoms with E-state index in [4.69, 9.17) is 28.4 Å². The number of nitriles is 2. The van der Waals surface area contributed by atoms with Crippen LogP contribution in [0.3, 0.4) is 0 Å². The van der Waals surface area contributed by atoms with Crippen molar-refractivity contribution in [2.75, 3.05) is 13.1 Å². The van der Waals surface area contributed by atoms with Crippen molar-refractivity contribution in [3.05, 3.63) is 46.5 Å². The highest BCUT2D eigenvalue weighted by Crippen LogP contribution is 2.41. The zero-order valence-electron chi connectivity index (χ0n) is 30.6. The molecule has 2 rings (SSSR count). The van der Waals surface area contributed by atoms with E-state index < -0.39 is 47.6 Å². The summed E-state index contributed by atoms with van der Waals surface area (Å²) in [4.78, 5) is 95.5. The van der Waals surface area contributed by atoms with E-state index in [9.17, 15) is 48.9 Å². The van der Waals surface area contributed by atoms with Crippen molar-refractivity contribution in [1.29, 1.82) is 10.5 Å². The van der Waals surface area contributed by atoms with E-state index in [2.05, 4.69) is 10.6 Å². The Morgan fingerprint density at radius 1 is 0.491 bits per heavy atom. The fourth-order valence-corrected chi connectivity index (χ4v) is 4.42. The largest absolute Gasteiger partial charge is 0.423 e. The van der Waals surface area contributed by atoms with E-state index in [0.717, 1.165) is 53.7 Å². The van der Waals surface area contributed by atoms with Gasteiger partial charge in [-0.2, -0.15) is 10.5 Å². The Morgan fingerprint density at radius 3 is 1.00 bits per heavy atom. The van der Waals surface area contributed by atoms with Crippen LogP contribution in [0.5, 0.6) is 34.5 Å². The molecule has 0 aromatic heterocycles. The highest BCUT2D eigenvalue weighted by atomic mass is 16.6. The van der Waals surface area contributed by atoms with Gasteiger partial charge in [-0.1, -0.05) is 0 Å². The Balaban J connectivity index is 2.07. The molecule has 2 N–H and O–H groups in total. The van der Waals surface area contributed by atoms with Gasteiger partial charge in [-0.15, -0.1) is 0 Å². The molecule has 0 unspecified atom stereocenters. The van der Waals surface area contributed by atoms with Crippen LogP contribution in [0.2, 0.25) is 0 Å². The number of nitrogens with one attached hydrogen (secondary N) is 2. The number of hydrogen-bond acceptors (Lipinski definition) is 16. The molecule has 2 aromatic rings. The second kappa shape index (κ2) is 21.2. The third-order valence-electron chi connectivity index (χ3n) is 6.37. The highest BCUT2D eigenvalue weighted by molar-refractivity contribution is 6.02. The Hall–Kier alpha value is -7.34. The third kappa shape index (κ3) is 15.0. The lowest BCUT2D eigenvalue weighted by molar-refractivity contribution is -0.135. The number of ether oxygens (including phenoxy) is 6. The van der Waals surface area contributed by atoms with Crippen LogP contribution in [0.1, 0.15) is 71.9 Å². The van der Waals surface area contributed by atoms with Crippen molar-refractivity contribution in [2.45, 2.75) is 60.8 Å². The predicted molar refractivity (Wildman–Crippen MR) is 188 cm³/mol. The molecular formula is C37H36N4O14. The average molecular weight is 761 g/mol. The number of rotatable bonds is 16. The quantitative estimate of drug-likeness (QED) is 0.0818. The zero-order chi connectivity index (χ0) is 41.2. The standard InChI is InChI=1S/C37H36N4O14/c1-20(42)50-30-14-26(15-31(51-21(2)43)34(30)54-24(5)46)12-28(18-38)36(48)40-10-8-7-9-11-41-37(49)29(19-39)13-27-16-32(52-22(3)44)35(55-25(6)47)33(17-27)53-23(4)45/h12-17H,7-11H2,1-6H3,(H,40,48)(H,41,49)/b28-12+,29-13+. The maximum Gasteiger partial charge on any atom is 0.308 e. The summed E-state index contributed by atoms with van der Waals surface area (Å²) in [5.74, 6) is -8.18. The van der Waals surface area contributed by atoms with Crippen molar-refractivity contribution in [1.82, 2.24) is 10.6 Å². The molecule has 0 aliphatic rings. The zero-order valence-corrected chi connectivity index (χ0v) is 30.6. The van der Waals surface area contributed by atoms with Gasteiger partial charge in [0.1, 0.15) is 23.3 Å². The minimum atomic E-state index is -0.802. The number of esters is 6. The molecular weight excluding hydrogens is 724 g/mol. The molecule has 55 heavy (non-hydrogen) atoms. The molecule has 0 atom stereocenters. The molecule has 0 saturated carbocycles. The van der Waals surface area contributed by atoms with Gasteiger partial charge in [-0.3, -0.25) is 38.4 Å². The molecule has 0 radical (unpaired) electrons. The summed E-state index contributed by atoms with van der Waals surface area (Å²) in [7, 11) is 0. The molecule has 0 aliphatic carbocycles. The van der Waals surface area contributed by atoms with Gasteiger partial charge in [-0.05, 0) is 66.8 Å². The fourth-order valence-electron chi connectivity index (χ4n) is 4.42. The van der Waals surface area contributed by atoms with Gasteiger partial charge in [0.25, 0.3) is 11.8 Å². The maximum absolute atomic E-state index is 12.8. The molecule has 0 aliphatic heterocycles. The Morgan fingerprint density at radius 2 is 0.764 bits per heavy atom. The summed E-state index contributed by atoms with van der Waals surface area (Å²) in [5.41, 5.74) is -0.505. The van der Waals surface area contributed by atoms with Crippen LogP contribution in [0, 0.1) is 22.7 Å².